The molecule has 6 unspecified atom stereocenters. The van der Waals surface area contributed by atoms with E-state index >= 15 is 0 Å². The average Bonchev–Trinajstić information content (AvgIpc) is 2.76. The van der Waals surface area contributed by atoms with Crippen molar-refractivity contribution in [1.82, 2.24) is 16.0 Å². The minimum absolute atomic E-state index is 0.0339. The summed E-state index contributed by atoms with van der Waals surface area (Å²) in [5, 5.41) is 26.5. The summed E-state index contributed by atoms with van der Waals surface area (Å²) in [6.45, 7) is 8.85. The molecule has 11 N–H and O–H groups in total. The second kappa shape index (κ2) is 15.9. The van der Waals surface area contributed by atoms with Crippen LogP contribution in [-0.2, 0) is 19.2 Å². The molecule has 0 aromatic heterocycles. The van der Waals surface area contributed by atoms with Gasteiger partial charge in [0.1, 0.15) is 12.1 Å². The van der Waals surface area contributed by atoms with E-state index in [9.17, 15) is 29.4 Å². The van der Waals surface area contributed by atoms with Crippen LogP contribution in [0.3, 0.4) is 0 Å². The first-order valence-electron chi connectivity index (χ1n) is 11.8. The molecule has 202 valence electrons. The van der Waals surface area contributed by atoms with Gasteiger partial charge in [-0.2, -0.15) is 0 Å². The highest BCUT2D eigenvalue weighted by Gasteiger charge is 2.34. The van der Waals surface area contributed by atoms with Crippen LogP contribution in [0.2, 0.25) is 0 Å². The van der Waals surface area contributed by atoms with Crippen LogP contribution in [0.1, 0.15) is 60.3 Å². The number of nitrogens with zero attached hydrogens (tertiary/aromatic N) is 1. The normalized spacial score (nSPS) is 16.2. The molecule has 0 aliphatic carbocycles. The summed E-state index contributed by atoms with van der Waals surface area (Å²) < 4.78 is 0. The zero-order chi connectivity index (χ0) is 27.3. The monoisotopic (exact) mass is 501 g/mol. The molecule has 6 atom stereocenters. The Morgan fingerprint density at radius 3 is 1.94 bits per heavy atom. The maximum atomic E-state index is 13.1. The Labute approximate surface area is 206 Å². The third kappa shape index (κ3) is 12.4. The molecule has 3 amide bonds. The lowest BCUT2D eigenvalue weighted by atomic mass is 9.96. The summed E-state index contributed by atoms with van der Waals surface area (Å²) in [5.74, 6) is -3.64. The van der Waals surface area contributed by atoms with Crippen LogP contribution in [-0.4, -0.2) is 76.7 Å². The Morgan fingerprint density at radius 1 is 0.914 bits per heavy atom. The lowest BCUT2D eigenvalue weighted by Gasteiger charge is -2.29. The van der Waals surface area contributed by atoms with Crippen molar-refractivity contribution < 1.29 is 29.4 Å². The predicted molar refractivity (Wildman–Crippen MR) is 132 cm³/mol. The quantitative estimate of drug-likeness (QED) is 0.0688. The van der Waals surface area contributed by atoms with Gasteiger partial charge in [0.05, 0.1) is 12.1 Å². The smallest absolute Gasteiger partial charge is 0.328 e. The maximum Gasteiger partial charge on any atom is 0.328 e. The van der Waals surface area contributed by atoms with Crippen LogP contribution < -0.4 is 33.2 Å². The number of hydrogen-bond acceptors (Lipinski definition) is 7. The Balaban J connectivity index is 5.44. The fourth-order valence-corrected chi connectivity index (χ4v) is 3.22. The van der Waals surface area contributed by atoms with Gasteiger partial charge in [0.15, 0.2) is 12.0 Å². The van der Waals surface area contributed by atoms with Gasteiger partial charge >= 0.3 is 5.97 Å². The molecule has 0 aliphatic heterocycles. The molecule has 0 fully saturated rings. The second-order valence-corrected chi connectivity index (χ2v) is 9.18. The molecular weight excluding hydrogens is 458 g/mol. The van der Waals surface area contributed by atoms with Gasteiger partial charge in [0.25, 0.3) is 0 Å². The lowest BCUT2D eigenvalue weighted by molar-refractivity contribution is -0.145. The van der Waals surface area contributed by atoms with Crippen molar-refractivity contribution in [3.8, 4) is 0 Å². The molecule has 0 radical (unpaired) electrons. The van der Waals surface area contributed by atoms with E-state index in [-0.39, 0.29) is 17.8 Å². The molecule has 13 nitrogen and oxygen atoms in total. The van der Waals surface area contributed by atoms with Gasteiger partial charge in [0, 0.05) is 6.54 Å². The SMILES string of the molecule is CCC(C)C(NC(=O)C(CC(C)C)NC(=O)C(N)CCCN=C(N)N)C(=O)NC(C(=O)O)C(C)O. The van der Waals surface area contributed by atoms with Crippen LogP contribution in [0.5, 0.6) is 0 Å². The standard InChI is InChI=1S/C22H43N7O6/c1-6-12(4)16(20(33)29-17(13(5)30)21(34)35)28-19(32)15(10-11(2)3)27-18(31)14(23)8-7-9-26-22(24)25/h11-17,30H,6-10,23H2,1-5H3,(H,27,31)(H,28,32)(H,29,33)(H,34,35)(H4,24,25,26). The van der Waals surface area contributed by atoms with Crippen LogP contribution in [0.25, 0.3) is 0 Å². The number of nitrogens with two attached hydrogens (primary N) is 3. The molecule has 0 heterocycles. The number of aliphatic hydroxyl groups is 1. The van der Waals surface area contributed by atoms with Crippen molar-refractivity contribution in [3.05, 3.63) is 0 Å². The maximum absolute atomic E-state index is 13.1. The van der Waals surface area contributed by atoms with Crippen LogP contribution >= 0.6 is 0 Å². The van der Waals surface area contributed by atoms with Gasteiger partial charge in [-0.1, -0.05) is 34.1 Å². The molecule has 0 aliphatic rings. The summed E-state index contributed by atoms with van der Waals surface area (Å²) in [4.78, 5) is 53.7. The Morgan fingerprint density at radius 2 is 1.49 bits per heavy atom. The first-order valence-corrected chi connectivity index (χ1v) is 11.8. The highest BCUT2D eigenvalue weighted by molar-refractivity contribution is 5.94. The van der Waals surface area contributed by atoms with E-state index in [0.29, 0.717) is 32.2 Å². The largest absolute Gasteiger partial charge is 0.480 e. The van der Waals surface area contributed by atoms with E-state index in [0.717, 1.165) is 0 Å². The third-order valence-electron chi connectivity index (χ3n) is 5.48. The van der Waals surface area contributed by atoms with Gasteiger partial charge in [0.2, 0.25) is 17.7 Å². The van der Waals surface area contributed by atoms with Gasteiger partial charge < -0.3 is 43.4 Å². The summed E-state index contributed by atoms with van der Waals surface area (Å²) in [6.07, 6.45) is 0.223. The van der Waals surface area contributed by atoms with Crippen LogP contribution in [0.4, 0.5) is 0 Å². The topological polar surface area (TPSA) is 235 Å². The second-order valence-electron chi connectivity index (χ2n) is 9.18. The minimum Gasteiger partial charge on any atom is -0.480 e. The minimum atomic E-state index is -1.53. The van der Waals surface area contributed by atoms with Gasteiger partial charge in [-0.05, 0) is 38.0 Å². The van der Waals surface area contributed by atoms with Gasteiger partial charge in [-0.3, -0.25) is 19.4 Å². The first-order chi connectivity index (χ1) is 16.2. The summed E-state index contributed by atoms with van der Waals surface area (Å²) in [6, 6.07) is -4.46. The van der Waals surface area contributed by atoms with E-state index < -0.39 is 54.0 Å². The van der Waals surface area contributed by atoms with E-state index in [2.05, 4.69) is 20.9 Å². The predicted octanol–water partition coefficient (Wildman–Crippen LogP) is -1.62. The molecule has 0 saturated carbocycles. The summed E-state index contributed by atoms with van der Waals surface area (Å²) >= 11 is 0. The number of aliphatic imine (C=N–C) groups is 1. The van der Waals surface area contributed by atoms with Crippen molar-refractivity contribution in [2.45, 2.75) is 90.6 Å². The zero-order valence-electron chi connectivity index (χ0n) is 21.3. The van der Waals surface area contributed by atoms with Crippen molar-refractivity contribution in [2.24, 2.45) is 34.0 Å². The number of carboxylic acid groups (broad SMARTS) is 1. The van der Waals surface area contributed by atoms with Gasteiger partial charge in [-0.15, -0.1) is 0 Å². The van der Waals surface area contributed by atoms with E-state index in [4.69, 9.17) is 17.2 Å². The average molecular weight is 502 g/mol. The van der Waals surface area contributed by atoms with Crippen molar-refractivity contribution in [1.29, 1.82) is 0 Å². The molecule has 13 heteroatoms. The first kappa shape index (κ1) is 32.1. The molecule has 0 saturated heterocycles. The van der Waals surface area contributed by atoms with Gasteiger partial charge in [-0.25, -0.2) is 4.79 Å². The number of carbonyl (C=O) groups excluding carboxylic acids is 3. The molecule has 0 aromatic rings. The summed E-state index contributed by atoms with van der Waals surface area (Å²) in [7, 11) is 0. The van der Waals surface area contributed by atoms with E-state index in [1.54, 1.807) is 6.92 Å². The summed E-state index contributed by atoms with van der Waals surface area (Å²) in [5.41, 5.74) is 16.5. The molecule has 0 spiro atoms. The number of carboxylic acids is 1. The van der Waals surface area contributed by atoms with Crippen LogP contribution in [0, 0.1) is 11.8 Å². The molecule has 0 aromatic carbocycles. The molecular formula is C22H43N7O6. The van der Waals surface area contributed by atoms with Crippen molar-refractivity contribution in [3.63, 3.8) is 0 Å². The Bertz CT molecular complexity index is 740. The number of hydrogen-bond donors (Lipinski definition) is 8. The number of carbonyl (C=O) groups is 4. The van der Waals surface area contributed by atoms with Crippen molar-refractivity contribution in [2.75, 3.05) is 6.54 Å². The number of nitrogens with one attached hydrogen (secondary N) is 3. The van der Waals surface area contributed by atoms with E-state index in [1.807, 2.05) is 20.8 Å². The fraction of sp³-hybridized carbons (Fsp3) is 0.773. The third-order valence-corrected chi connectivity index (χ3v) is 5.48. The highest BCUT2D eigenvalue weighted by Crippen LogP contribution is 2.12. The van der Waals surface area contributed by atoms with Crippen LogP contribution in [0.15, 0.2) is 4.99 Å². The number of rotatable bonds is 16. The number of aliphatic hydroxyl groups excluding tert-OH is 1. The molecule has 0 bridgehead atoms. The Kier molecular flexibility index (Phi) is 14.5. The number of guanidine groups is 1. The molecule has 0 rings (SSSR count). The van der Waals surface area contributed by atoms with Crippen molar-refractivity contribution >= 4 is 29.7 Å². The fourth-order valence-electron chi connectivity index (χ4n) is 3.22. The highest BCUT2D eigenvalue weighted by atomic mass is 16.4. The lowest BCUT2D eigenvalue weighted by Crippen LogP contribution is -2.60. The number of aliphatic carboxylic acids is 1. The Hall–Kier alpha value is -2.93. The zero-order valence-corrected chi connectivity index (χ0v) is 21.3. The molecule has 35 heavy (non-hydrogen) atoms. The number of amides is 3. The van der Waals surface area contributed by atoms with E-state index in [1.165, 1.54) is 6.92 Å².